The molecular formula is C14H19N5O2. The summed E-state index contributed by atoms with van der Waals surface area (Å²) < 4.78 is 3.28. The van der Waals surface area contributed by atoms with Gasteiger partial charge in [0, 0.05) is 18.8 Å². The summed E-state index contributed by atoms with van der Waals surface area (Å²) in [5.41, 5.74) is -0.200. The number of hydrogen-bond donors (Lipinski definition) is 1. The fraction of sp³-hybridized carbons (Fsp3) is 0.429. The third kappa shape index (κ3) is 3.77. The van der Waals surface area contributed by atoms with Crippen LogP contribution in [0.4, 0.5) is 0 Å². The second-order valence-corrected chi connectivity index (χ2v) is 4.84. The Morgan fingerprint density at radius 2 is 2.19 bits per heavy atom. The number of rotatable bonds is 6. The van der Waals surface area contributed by atoms with E-state index in [4.69, 9.17) is 0 Å². The van der Waals surface area contributed by atoms with Gasteiger partial charge in [-0.25, -0.2) is 0 Å². The van der Waals surface area contributed by atoms with Crippen molar-refractivity contribution in [1.82, 2.24) is 24.6 Å². The summed E-state index contributed by atoms with van der Waals surface area (Å²) in [6.45, 7) is 4.71. The number of amides is 1. The zero-order valence-electron chi connectivity index (χ0n) is 12.2. The monoisotopic (exact) mass is 289 g/mol. The third-order valence-electron chi connectivity index (χ3n) is 3.09. The maximum atomic E-state index is 12.0. The van der Waals surface area contributed by atoms with Crippen molar-refractivity contribution in [3.63, 3.8) is 0 Å². The predicted octanol–water partition coefficient (Wildman–Crippen LogP) is 0.727. The molecular weight excluding hydrogens is 270 g/mol. The van der Waals surface area contributed by atoms with E-state index in [0.717, 1.165) is 13.0 Å². The first-order chi connectivity index (χ1) is 10.1. The van der Waals surface area contributed by atoms with Crippen molar-refractivity contribution in [3.05, 3.63) is 46.9 Å². The van der Waals surface area contributed by atoms with E-state index in [2.05, 4.69) is 22.4 Å². The third-order valence-corrected chi connectivity index (χ3v) is 3.09. The van der Waals surface area contributed by atoms with Gasteiger partial charge in [0.1, 0.15) is 12.9 Å². The van der Waals surface area contributed by atoms with Crippen LogP contribution in [0.25, 0.3) is 0 Å². The summed E-state index contributed by atoms with van der Waals surface area (Å²) in [7, 11) is 0. The van der Waals surface area contributed by atoms with Crippen LogP contribution in [0.2, 0.25) is 0 Å². The zero-order chi connectivity index (χ0) is 15.2. The number of nitrogens with one attached hydrogen (secondary N) is 1. The van der Waals surface area contributed by atoms with Crippen molar-refractivity contribution >= 4 is 5.91 Å². The van der Waals surface area contributed by atoms with E-state index in [9.17, 15) is 9.59 Å². The van der Waals surface area contributed by atoms with Crippen molar-refractivity contribution in [2.24, 2.45) is 0 Å². The number of aromatic nitrogens is 4. The zero-order valence-corrected chi connectivity index (χ0v) is 12.2. The first kappa shape index (κ1) is 15.0. The lowest BCUT2D eigenvalue weighted by molar-refractivity contribution is -0.122. The van der Waals surface area contributed by atoms with Crippen LogP contribution in [0.1, 0.15) is 32.1 Å². The summed E-state index contributed by atoms with van der Waals surface area (Å²) >= 11 is 0. The van der Waals surface area contributed by atoms with Gasteiger partial charge < -0.3 is 14.5 Å². The molecule has 0 aliphatic carbocycles. The van der Waals surface area contributed by atoms with Crippen molar-refractivity contribution in [2.75, 3.05) is 0 Å². The SMILES string of the molecule is CCCn1cnnc1[C@H](C)NC(=O)Cn1ccccc1=O. The molecule has 7 heteroatoms. The van der Waals surface area contributed by atoms with Crippen LogP contribution in [0, 0.1) is 0 Å². The van der Waals surface area contributed by atoms with E-state index < -0.39 is 0 Å². The number of hydrogen-bond acceptors (Lipinski definition) is 4. The fourth-order valence-electron chi connectivity index (χ4n) is 2.11. The minimum Gasteiger partial charge on any atom is -0.345 e. The largest absolute Gasteiger partial charge is 0.345 e. The Labute approximate surface area is 122 Å². The summed E-state index contributed by atoms with van der Waals surface area (Å²) in [4.78, 5) is 23.6. The maximum absolute atomic E-state index is 12.0. The van der Waals surface area contributed by atoms with Crippen molar-refractivity contribution < 1.29 is 4.79 Å². The summed E-state index contributed by atoms with van der Waals surface area (Å²) in [5.74, 6) is 0.479. The Morgan fingerprint density at radius 3 is 2.90 bits per heavy atom. The van der Waals surface area contributed by atoms with E-state index in [-0.39, 0.29) is 24.1 Å². The van der Waals surface area contributed by atoms with Crippen molar-refractivity contribution in [3.8, 4) is 0 Å². The van der Waals surface area contributed by atoms with Crippen LogP contribution in [0.3, 0.4) is 0 Å². The molecule has 2 aromatic rings. The second-order valence-electron chi connectivity index (χ2n) is 4.84. The lowest BCUT2D eigenvalue weighted by atomic mass is 10.3. The van der Waals surface area contributed by atoms with Crippen molar-refractivity contribution in [2.45, 2.75) is 39.4 Å². The molecule has 112 valence electrons. The Bertz CT molecular complexity index is 661. The lowest BCUT2D eigenvalue weighted by Gasteiger charge is -2.15. The minimum atomic E-state index is -0.258. The topological polar surface area (TPSA) is 81.8 Å². The fourth-order valence-corrected chi connectivity index (χ4v) is 2.11. The maximum Gasteiger partial charge on any atom is 0.250 e. The highest BCUT2D eigenvalue weighted by Gasteiger charge is 2.15. The molecule has 0 bridgehead atoms. The summed E-state index contributed by atoms with van der Waals surface area (Å²) in [6.07, 6.45) is 4.21. The average molecular weight is 289 g/mol. The van der Waals surface area contributed by atoms with Gasteiger partial charge in [-0.1, -0.05) is 13.0 Å². The Hall–Kier alpha value is -2.44. The molecule has 2 rings (SSSR count). The molecule has 2 heterocycles. The molecule has 7 nitrogen and oxygen atoms in total. The van der Waals surface area contributed by atoms with E-state index >= 15 is 0 Å². The highest BCUT2D eigenvalue weighted by atomic mass is 16.2. The molecule has 2 aromatic heterocycles. The molecule has 0 radical (unpaired) electrons. The Balaban J connectivity index is 2.01. The summed E-state index contributed by atoms with van der Waals surface area (Å²) in [5, 5.41) is 10.8. The van der Waals surface area contributed by atoms with Crippen molar-refractivity contribution in [1.29, 1.82) is 0 Å². The molecule has 1 N–H and O–H groups in total. The van der Waals surface area contributed by atoms with E-state index in [1.54, 1.807) is 24.7 Å². The number of carbonyl (C=O) groups is 1. The number of carbonyl (C=O) groups excluding carboxylic acids is 1. The van der Waals surface area contributed by atoms with Crippen LogP contribution in [0.5, 0.6) is 0 Å². The standard InChI is InChI=1S/C14H19N5O2/c1-3-7-19-10-15-17-14(19)11(2)16-12(20)9-18-8-5-4-6-13(18)21/h4-6,8,10-11H,3,7,9H2,1-2H3,(H,16,20)/t11-/m0/s1. The minimum absolute atomic E-state index is 0.00801. The average Bonchev–Trinajstić information content (AvgIpc) is 2.90. The van der Waals surface area contributed by atoms with Crippen LogP contribution in [-0.4, -0.2) is 25.2 Å². The predicted molar refractivity (Wildman–Crippen MR) is 77.6 cm³/mol. The molecule has 0 aromatic carbocycles. The van der Waals surface area contributed by atoms with Gasteiger partial charge >= 0.3 is 0 Å². The first-order valence-electron chi connectivity index (χ1n) is 6.94. The number of nitrogens with zero attached hydrogens (tertiary/aromatic N) is 4. The van der Waals surface area contributed by atoms with Gasteiger partial charge in [0.15, 0.2) is 5.82 Å². The van der Waals surface area contributed by atoms with Crippen LogP contribution in [-0.2, 0) is 17.9 Å². The lowest BCUT2D eigenvalue weighted by Crippen LogP contribution is -2.34. The quantitative estimate of drug-likeness (QED) is 0.850. The molecule has 0 aliphatic heterocycles. The van der Waals surface area contributed by atoms with Gasteiger partial charge in [0.05, 0.1) is 6.04 Å². The van der Waals surface area contributed by atoms with E-state index in [1.807, 2.05) is 11.5 Å². The Morgan fingerprint density at radius 1 is 1.38 bits per heavy atom. The van der Waals surface area contributed by atoms with Crippen LogP contribution >= 0.6 is 0 Å². The molecule has 0 unspecified atom stereocenters. The van der Waals surface area contributed by atoms with Gasteiger partial charge in [-0.15, -0.1) is 10.2 Å². The molecule has 0 aliphatic rings. The van der Waals surface area contributed by atoms with E-state index in [1.165, 1.54) is 10.6 Å². The molecule has 1 amide bonds. The van der Waals surface area contributed by atoms with Crippen LogP contribution < -0.4 is 10.9 Å². The van der Waals surface area contributed by atoms with Crippen LogP contribution in [0.15, 0.2) is 35.5 Å². The summed E-state index contributed by atoms with van der Waals surface area (Å²) in [6, 6.07) is 4.53. The highest BCUT2D eigenvalue weighted by Crippen LogP contribution is 2.09. The molecule has 21 heavy (non-hydrogen) atoms. The normalized spacial score (nSPS) is 12.1. The Kier molecular flexibility index (Phi) is 4.86. The van der Waals surface area contributed by atoms with Gasteiger partial charge in [-0.2, -0.15) is 0 Å². The molecule has 0 spiro atoms. The van der Waals surface area contributed by atoms with Gasteiger partial charge in [-0.3, -0.25) is 9.59 Å². The van der Waals surface area contributed by atoms with Gasteiger partial charge in [0.25, 0.3) is 5.56 Å². The molecule has 1 atom stereocenters. The number of aryl methyl sites for hydroxylation is 1. The molecule has 0 saturated carbocycles. The van der Waals surface area contributed by atoms with E-state index in [0.29, 0.717) is 5.82 Å². The molecule has 0 fully saturated rings. The second kappa shape index (κ2) is 6.83. The smallest absolute Gasteiger partial charge is 0.250 e. The number of pyridine rings is 1. The van der Waals surface area contributed by atoms with Gasteiger partial charge in [-0.05, 0) is 19.4 Å². The highest BCUT2D eigenvalue weighted by molar-refractivity contribution is 5.76. The first-order valence-corrected chi connectivity index (χ1v) is 6.94. The van der Waals surface area contributed by atoms with Gasteiger partial charge in [0.2, 0.25) is 5.91 Å². The molecule has 0 saturated heterocycles.